The van der Waals surface area contributed by atoms with E-state index in [1.807, 2.05) is 18.2 Å². The van der Waals surface area contributed by atoms with E-state index in [4.69, 9.17) is 10.3 Å². The van der Waals surface area contributed by atoms with E-state index < -0.39 is 43.6 Å². The van der Waals surface area contributed by atoms with E-state index >= 15 is 0 Å². The van der Waals surface area contributed by atoms with Gasteiger partial charge < -0.3 is 35.0 Å². The third kappa shape index (κ3) is 15.7. The van der Waals surface area contributed by atoms with Crippen LogP contribution in [-0.2, 0) is 55.2 Å². The third-order valence-electron chi connectivity index (χ3n) is 8.15. The lowest BCUT2D eigenvalue weighted by Gasteiger charge is -2.16. The van der Waals surface area contributed by atoms with Crippen molar-refractivity contribution in [3.05, 3.63) is 77.9 Å². The second kappa shape index (κ2) is 21.6. The molecule has 3 aromatic carbocycles. The Bertz CT molecular complexity index is 1760. The molecule has 3 rings (SSSR count). The van der Waals surface area contributed by atoms with Crippen molar-refractivity contribution >= 4 is 54.0 Å². The van der Waals surface area contributed by atoms with Gasteiger partial charge in [0, 0.05) is 26.8 Å². The van der Waals surface area contributed by atoms with Crippen LogP contribution in [-0.4, -0.2) is 65.7 Å². The number of nitrogens with one attached hydrogen (secondary N) is 2. The van der Waals surface area contributed by atoms with Gasteiger partial charge in [-0.15, -0.1) is 0 Å². The summed E-state index contributed by atoms with van der Waals surface area (Å²) in [5.41, 5.74) is 7.86. The number of rotatable bonds is 24. The van der Waals surface area contributed by atoms with Gasteiger partial charge >= 0.3 is 25.7 Å². The highest BCUT2D eigenvalue weighted by atomic mass is 31.2. The van der Waals surface area contributed by atoms with Crippen molar-refractivity contribution in [1.82, 2.24) is 10.6 Å². The zero-order chi connectivity index (χ0) is 38.8. The normalized spacial score (nSPS) is 12.4. The van der Waals surface area contributed by atoms with Crippen LogP contribution in [0.15, 0.2) is 66.7 Å². The summed E-state index contributed by atoms with van der Waals surface area (Å²) in [4.78, 5) is 71.6. The molecule has 3 aromatic rings. The van der Waals surface area contributed by atoms with Crippen molar-refractivity contribution in [3.8, 4) is 5.75 Å². The van der Waals surface area contributed by atoms with Crippen LogP contribution in [0.25, 0.3) is 10.8 Å². The second-order valence-corrected chi connectivity index (χ2v) is 14.1. The molecule has 0 saturated carbocycles. The first kappa shape index (κ1) is 42.5. The number of ketones is 2. The number of nitrogens with two attached hydrogens (primary N) is 1. The SMILES string of the molecule is CC(=O)OP(=O)(OC(C)=O)Oc1ccc(CC(N)C(=O)CC(=O)CCCCCCNC(CC(=O)NCCCc2cccc3ccccc23)C(=O)O)cc1. The molecule has 0 aliphatic rings. The second-order valence-electron chi connectivity index (χ2n) is 12.6. The molecule has 0 fully saturated rings. The molecule has 5 N–H and O–H groups in total. The number of carboxylic acid groups (broad SMARTS) is 1. The smallest absolute Gasteiger partial charge is 0.480 e. The van der Waals surface area contributed by atoms with E-state index in [1.165, 1.54) is 40.6 Å². The predicted molar refractivity (Wildman–Crippen MR) is 197 cm³/mol. The maximum absolute atomic E-state index is 12.6. The van der Waals surface area contributed by atoms with Gasteiger partial charge in [0.25, 0.3) is 0 Å². The minimum absolute atomic E-state index is 0.0191. The molecule has 0 heterocycles. The number of Topliss-reactive ketones (excluding diaryl/α,β-unsaturated/α-hetero) is 2. The van der Waals surface area contributed by atoms with Gasteiger partial charge in [0.2, 0.25) is 5.91 Å². The highest BCUT2D eigenvalue weighted by Crippen LogP contribution is 2.49. The van der Waals surface area contributed by atoms with Gasteiger partial charge in [0.1, 0.15) is 17.6 Å². The van der Waals surface area contributed by atoms with Gasteiger partial charge in [0.05, 0.1) is 18.9 Å². The van der Waals surface area contributed by atoms with E-state index in [0.29, 0.717) is 37.9 Å². The summed E-state index contributed by atoms with van der Waals surface area (Å²) in [5, 5.41) is 17.7. The number of carboxylic acids is 1. The molecule has 0 aliphatic heterocycles. The quantitative estimate of drug-likeness (QED) is 0.0540. The molecule has 2 unspecified atom stereocenters. The van der Waals surface area contributed by atoms with Crippen molar-refractivity contribution in [2.24, 2.45) is 5.73 Å². The lowest BCUT2D eigenvalue weighted by Crippen LogP contribution is -2.41. The lowest BCUT2D eigenvalue weighted by atomic mass is 9.98. The molecule has 0 aromatic heterocycles. The van der Waals surface area contributed by atoms with Crippen molar-refractivity contribution in [2.45, 2.75) is 90.1 Å². The lowest BCUT2D eigenvalue weighted by molar-refractivity contribution is -0.141. The fraction of sp³-hybridized carbons (Fsp3) is 0.421. The molecular weight excluding hydrogens is 705 g/mol. The third-order valence-corrected chi connectivity index (χ3v) is 9.54. The van der Waals surface area contributed by atoms with Crippen LogP contribution in [0.3, 0.4) is 0 Å². The minimum Gasteiger partial charge on any atom is -0.480 e. The molecule has 0 saturated heterocycles. The van der Waals surface area contributed by atoms with Crippen LogP contribution >= 0.6 is 7.82 Å². The maximum Gasteiger partial charge on any atom is 0.651 e. The Morgan fingerprint density at radius 1 is 0.811 bits per heavy atom. The van der Waals surface area contributed by atoms with Gasteiger partial charge in [-0.3, -0.25) is 28.8 Å². The number of aliphatic carboxylic acids is 1. The van der Waals surface area contributed by atoms with Gasteiger partial charge in [-0.05, 0) is 72.7 Å². The fourth-order valence-corrected chi connectivity index (χ4v) is 6.69. The fourth-order valence-electron chi connectivity index (χ4n) is 5.57. The Morgan fingerprint density at radius 3 is 2.15 bits per heavy atom. The van der Waals surface area contributed by atoms with Crippen LogP contribution in [0.1, 0.15) is 76.3 Å². The van der Waals surface area contributed by atoms with E-state index in [1.54, 1.807) is 0 Å². The number of hydrogen-bond donors (Lipinski definition) is 4. The molecular formula is C38H48N3O11P. The predicted octanol–water partition coefficient (Wildman–Crippen LogP) is 4.98. The number of phosphoric ester groups is 1. The average molecular weight is 754 g/mol. The van der Waals surface area contributed by atoms with Gasteiger partial charge in [-0.2, -0.15) is 4.57 Å². The van der Waals surface area contributed by atoms with Crippen molar-refractivity contribution in [1.29, 1.82) is 0 Å². The van der Waals surface area contributed by atoms with Gasteiger partial charge in [0.15, 0.2) is 5.78 Å². The summed E-state index contributed by atoms with van der Waals surface area (Å²) in [5.74, 6) is -4.03. The first-order chi connectivity index (χ1) is 25.2. The molecule has 2 atom stereocenters. The monoisotopic (exact) mass is 753 g/mol. The largest absolute Gasteiger partial charge is 0.651 e. The van der Waals surface area contributed by atoms with Crippen LogP contribution in [0.5, 0.6) is 5.75 Å². The Morgan fingerprint density at radius 2 is 1.47 bits per heavy atom. The molecule has 14 nitrogen and oxygen atoms in total. The average Bonchev–Trinajstić information content (AvgIpc) is 3.09. The highest BCUT2D eigenvalue weighted by molar-refractivity contribution is 7.50. The van der Waals surface area contributed by atoms with Crippen molar-refractivity contribution < 1.29 is 52.0 Å². The summed E-state index contributed by atoms with van der Waals surface area (Å²) in [7, 11) is -4.53. The molecule has 0 radical (unpaired) electrons. The van der Waals surface area contributed by atoms with Crippen molar-refractivity contribution in [3.63, 3.8) is 0 Å². The van der Waals surface area contributed by atoms with Gasteiger partial charge in [-0.25, -0.2) is 0 Å². The number of phosphoric acid groups is 1. The molecule has 15 heteroatoms. The van der Waals surface area contributed by atoms with E-state index in [9.17, 15) is 38.4 Å². The standard InChI is InChI=1S/C38H48N3O11P/c1-26(42)50-53(49,51-27(2)43)52-32-19-17-28(18-20-32)23-34(39)36(45)24-31(44)15-5-3-4-8-21-40-35(38(47)48)25-37(46)41-22-10-14-30-13-9-12-29-11-6-7-16-33(29)30/h6-7,9,11-13,16-20,34-35,40H,3-5,8,10,14-15,21-25,39H2,1-2H3,(H,41,46)(H,47,48). The van der Waals surface area contributed by atoms with Crippen LogP contribution in [0.4, 0.5) is 0 Å². The number of fused-ring (bicyclic) bond motifs is 1. The number of amides is 1. The Labute approximate surface area is 308 Å². The zero-order valence-corrected chi connectivity index (χ0v) is 30.9. The number of hydrogen-bond acceptors (Lipinski definition) is 12. The zero-order valence-electron chi connectivity index (χ0n) is 30.0. The summed E-state index contributed by atoms with van der Waals surface area (Å²) in [6, 6.07) is 18.2. The van der Waals surface area contributed by atoms with E-state index in [0.717, 1.165) is 33.1 Å². The van der Waals surface area contributed by atoms with E-state index in [-0.39, 0.29) is 43.1 Å². The van der Waals surface area contributed by atoms with Crippen LogP contribution in [0.2, 0.25) is 0 Å². The highest BCUT2D eigenvalue weighted by Gasteiger charge is 2.35. The number of carbonyl (C=O) groups excluding carboxylic acids is 5. The van der Waals surface area contributed by atoms with Crippen LogP contribution < -0.4 is 20.9 Å². The Balaban J connectivity index is 1.27. The first-order valence-electron chi connectivity index (χ1n) is 17.5. The van der Waals surface area contributed by atoms with Crippen LogP contribution in [0, 0.1) is 0 Å². The topological polar surface area (TPSA) is 217 Å². The Hall–Kier alpha value is -4.91. The number of carbonyl (C=O) groups is 6. The number of aryl methyl sites for hydroxylation is 1. The summed E-state index contributed by atoms with van der Waals surface area (Å²) < 4.78 is 26.7. The van der Waals surface area contributed by atoms with E-state index in [2.05, 4.69) is 43.9 Å². The molecule has 0 spiro atoms. The first-order valence-corrected chi connectivity index (χ1v) is 19.0. The van der Waals surface area contributed by atoms with Gasteiger partial charge in [-0.1, -0.05) is 67.4 Å². The Kier molecular flexibility index (Phi) is 17.3. The molecule has 0 bridgehead atoms. The molecule has 53 heavy (non-hydrogen) atoms. The maximum atomic E-state index is 12.6. The summed E-state index contributed by atoms with van der Waals surface area (Å²) in [6.45, 7) is 2.81. The number of unbranched alkanes of at least 4 members (excludes halogenated alkanes) is 3. The molecule has 0 aliphatic carbocycles. The molecule has 286 valence electrons. The molecule has 1 amide bonds. The van der Waals surface area contributed by atoms with Crippen molar-refractivity contribution in [2.75, 3.05) is 13.1 Å². The summed E-state index contributed by atoms with van der Waals surface area (Å²) in [6.07, 6.45) is 4.04. The minimum atomic E-state index is -4.53. The summed E-state index contributed by atoms with van der Waals surface area (Å²) >= 11 is 0. The number of benzene rings is 3.